The van der Waals surface area contributed by atoms with Crippen molar-refractivity contribution in [3.8, 4) is 5.69 Å². The van der Waals surface area contributed by atoms with Gasteiger partial charge in [-0.05, 0) is 133 Å². The van der Waals surface area contributed by atoms with E-state index in [0.717, 1.165) is 0 Å². The lowest BCUT2D eigenvalue weighted by Gasteiger charge is -2.47. The average Bonchev–Trinajstić information content (AvgIpc) is 3.96. The molecule has 0 amide bonds. The molecule has 6 heterocycles. The molecule has 10 aromatic rings. The van der Waals surface area contributed by atoms with Crippen molar-refractivity contribution in [3.63, 3.8) is 0 Å². The predicted molar refractivity (Wildman–Crippen MR) is 310 cm³/mol. The molecule has 0 unspecified atom stereocenters. The number of nitrogens with zero attached hydrogens (tertiary/aromatic N) is 3. The quantitative estimate of drug-likeness (QED) is 0.152. The Balaban J connectivity index is 1.24. The van der Waals surface area contributed by atoms with Gasteiger partial charge in [0, 0.05) is 52.5 Å². The van der Waals surface area contributed by atoms with Crippen molar-refractivity contribution in [1.29, 1.82) is 0 Å². The van der Waals surface area contributed by atoms with Crippen LogP contribution in [0.3, 0.4) is 0 Å². The molecule has 3 aliphatic rings. The third kappa shape index (κ3) is 6.11. The SMILES string of the molecule is CC(C)(C)c1cc2c3c(c1)N1c4c(cc(C(C)(C)C)cc4-n4c5ccc(C(C)(C)C)cc5c5cc(C(C)(C)C)cc1c54)B3c1sc3ccc(C(C)(C)C)cc3c1N2c1cccc2c1sc1ccccc12. The number of thiophene rings is 2. The molecule has 0 saturated carbocycles. The van der Waals surface area contributed by atoms with Crippen molar-refractivity contribution in [1.82, 2.24) is 4.57 Å². The lowest BCUT2D eigenvalue weighted by atomic mass is 9.35. The molecule has 0 N–H and O–H groups in total. The summed E-state index contributed by atoms with van der Waals surface area (Å²) in [6.45, 7) is 35.7. The number of rotatable bonds is 1. The fraction of sp³-hybridized carbons (Fsp3) is 0.312. The van der Waals surface area contributed by atoms with Crippen LogP contribution < -0.4 is 25.5 Å². The maximum atomic E-state index is 2.75. The Morgan fingerprint density at radius 1 is 0.386 bits per heavy atom. The molecule has 3 nitrogen and oxygen atoms in total. The second-order valence-electron chi connectivity index (χ2n) is 26.0. The van der Waals surface area contributed by atoms with E-state index in [2.05, 4.69) is 233 Å². The topological polar surface area (TPSA) is 11.4 Å². The molecule has 0 atom stereocenters. The summed E-state index contributed by atoms with van der Waals surface area (Å²) in [5.41, 5.74) is 20.9. The van der Waals surface area contributed by atoms with Crippen molar-refractivity contribution >= 4 is 131 Å². The fourth-order valence-electron chi connectivity index (χ4n) is 12.0. The monoisotopic (exact) mass is 949 g/mol. The number of fused-ring (bicyclic) bond motifs is 14. The lowest BCUT2D eigenvalue weighted by molar-refractivity contribution is 0.589. The number of aromatic nitrogens is 1. The largest absolute Gasteiger partial charge is 0.309 e. The molecule has 0 bridgehead atoms. The van der Waals surface area contributed by atoms with Gasteiger partial charge < -0.3 is 14.4 Å². The molecule has 3 aromatic heterocycles. The first-order valence-corrected chi connectivity index (χ1v) is 27.1. The Hall–Kier alpha value is -5.82. The van der Waals surface area contributed by atoms with Gasteiger partial charge >= 0.3 is 0 Å². The van der Waals surface area contributed by atoms with Crippen LogP contribution >= 0.6 is 22.7 Å². The molecular formula is C64H64BN3S2. The van der Waals surface area contributed by atoms with Gasteiger partial charge in [0.2, 0.25) is 0 Å². The van der Waals surface area contributed by atoms with E-state index >= 15 is 0 Å². The molecule has 3 aliphatic heterocycles. The van der Waals surface area contributed by atoms with Crippen LogP contribution in [0.25, 0.3) is 57.8 Å². The third-order valence-corrected chi connectivity index (χ3v) is 18.4. The first-order valence-electron chi connectivity index (χ1n) is 25.5. The van der Waals surface area contributed by atoms with Gasteiger partial charge in [0.05, 0.1) is 44.2 Å². The highest BCUT2D eigenvalue weighted by Gasteiger charge is 2.49. The van der Waals surface area contributed by atoms with E-state index in [1.54, 1.807) is 0 Å². The van der Waals surface area contributed by atoms with E-state index in [-0.39, 0.29) is 33.8 Å². The molecule has 0 aliphatic carbocycles. The van der Waals surface area contributed by atoms with Gasteiger partial charge in [-0.1, -0.05) is 152 Å². The Morgan fingerprint density at radius 3 is 1.59 bits per heavy atom. The molecule has 6 heteroatoms. The summed E-state index contributed by atoms with van der Waals surface area (Å²) >= 11 is 3.95. The average molecular weight is 950 g/mol. The summed E-state index contributed by atoms with van der Waals surface area (Å²) in [6.07, 6.45) is 0. The Bertz CT molecular complexity index is 3930. The molecule has 70 heavy (non-hydrogen) atoms. The molecule has 0 saturated heterocycles. The number of anilines is 6. The van der Waals surface area contributed by atoms with Gasteiger partial charge in [0.1, 0.15) is 0 Å². The molecule has 7 aromatic carbocycles. The lowest BCUT2D eigenvalue weighted by Crippen LogP contribution is -2.61. The summed E-state index contributed by atoms with van der Waals surface area (Å²) in [7, 11) is 0. The minimum atomic E-state index is -0.136. The predicted octanol–water partition coefficient (Wildman–Crippen LogP) is 17.2. The zero-order valence-electron chi connectivity index (χ0n) is 43.7. The van der Waals surface area contributed by atoms with Crippen molar-refractivity contribution in [2.75, 3.05) is 9.80 Å². The smallest absolute Gasteiger partial charge is 0.264 e. The zero-order valence-corrected chi connectivity index (χ0v) is 45.3. The summed E-state index contributed by atoms with van der Waals surface area (Å²) in [4.78, 5) is 5.48. The Morgan fingerprint density at radius 2 is 0.914 bits per heavy atom. The van der Waals surface area contributed by atoms with E-state index < -0.39 is 0 Å². The minimum Gasteiger partial charge on any atom is -0.309 e. The molecule has 0 spiro atoms. The summed E-state index contributed by atoms with van der Waals surface area (Å²) in [6, 6.07) is 46.2. The van der Waals surface area contributed by atoms with Gasteiger partial charge in [-0.15, -0.1) is 22.7 Å². The normalized spacial score (nSPS) is 14.7. The van der Waals surface area contributed by atoms with Crippen LogP contribution in [0.1, 0.15) is 132 Å². The van der Waals surface area contributed by atoms with Crippen molar-refractivity contribution in [2.24, 2.45) is 0 Å². The highest BCUT2D eigenvalue weighted by Crippen LogP contribution is 2.57. The van der Waals surface area contributed by atoms with E-state index in [0.29, 0.717) is 0 Å². The first kappa shape index (κ1) is 44.1. The van der Waals surface area contributed by atoms with Crippen LogP contribution in [0.15, 0.2) is 115 Å². The maximum absolute atomic E-state index is 2.75. The van der Waals surface area contributed by atoms with Crippen LogP contribution in [-0.4, -0.2) is 11.3 Å². The van der Waals surface area contributed by atoms with Crippen molar-refractivity contribution in [3.05, 3.63) is 143 Å². The van der Waals surface area contributed by atoms with Crippen LogP contribution in [0, 0.1) is 0 Å². The van der Waals surface area contributed by atoms with Gasteiger partial charge in [-0.25, -0.2) is 0 Å². The molecular weight excluding hydrogens is 886 g/mol. The van der Waals surface area contributed by atoms with Crippen molar-refractivity contribution in [2.45, 2.75) is 131 Å². The maximum Gasteiger partial charge on any atom is 0.264 e. The van der Waals surface area contributed by atoms with E-state index in [1.165, 1.54) is 135 Å². The summed E-state index contributed by atoms with van der Waals surface area (Å²) in [5.74, 6) is 0. The second-order valence-corrected chi connectivity index (χ2v) is 28.1. The van der Waals surface area contributed by atoms with Gasteiger partial charge in [-0.2, -0.15) is 0 Å². The van der Waals surface area contributed by atoms with Crippen LogP contribution in [0.5, 0.6) is 0 Å². The minimum absolute atomic E-state index is 0.00632. The highest BCUT2D eigenvalue weighted by molar-refractivity contribution is 7.34. The van der Waals surface area contributed by atoms with Gasteiger partial charge in [-0.3, -0.25) is 0 Å². The Kier molecular flexibility index (Phi) is 8.82. The third-order valence-electron chi connectivity index (χ3n) is 16.0. The number of hydrogen-bond acceptors (Lipinski definition) is 4. The first-order chi connectivity index (χ1) is 32.9. The van der Waals surface area contributed by atoms with Crippen molar-refractivity contribution < 1.29 is 0 Å². The standard InChI is InChI=1S/C64H64BN3S2/c1-60(2,3)35-23-25-46-42(27-35)43-29-37(62(7,8)9)33-50-55(43)66(46)51-34-38(63(10,11)12)30-45-57(51)68(50)49-32-39(64(13,14)15)31-48-54(49)65(45)59-56(44-28-36(61(4,5)6)24-26-53(44)70-59)67(48)47-21-18-20-41-40-19-16-17-22-52(40)69-58(41)47/h16-34H,1-15H3. The summed E-state index contributed by atoms with van der Waals surface area (Å²) in [5, 5.41) is 6.66. The van der Waals surface area contributed by atoms with Crippen LogP contribution in [0.2, 0.25) is 0 Å². The second kappa shape index (κ2) is 14.0. The number of hydrogen-bond donors (Lipinski definition) is 0. The fourth-order valence-corrected chi connectivity index (χ4v) is 14.5. The summed E-state index contributed by atoms with van der Waals surface area (Å²) < 4.78 is 8.10. The van der Waals surface area contributed by atoms with Crippen LogP contribution in [-0.2, 0) is 27.1 Å². The molecule has 13 rings (SSSR count). The van der Waals surface area contributed by atoms with Crippen LogP contribution in [0.4, 0.5) is 34.1 Å². The van der Waals surface area contributed by atoms with E-state index in [4.69, 9.17) is 0 Å². The van der Waals surface area contributed by atoms with E-state index in [1.807, 2.05) is 22.7 Å². The molecule has 0 radical (unpaired) electrons. The van der Waals surface area contributed by atoms with E-state index in [9.17, 15) is 0 Å². The molecule has 0 fully saturated rings. The Labute approximate surface area is 422 Å². The zero-order chi connectivity index (χ0) is 49.1. The number of benzene rings is 7. The molecule has 350 valence electrons. The van der Waals surface area contributed by atoms with Gasteiger partial charge in [0.25, 0.3) is 6.71 Å². The highest BCUT2D eigenvalue weighted by atomic mass is 32.1. The van der Waals surface area contributed by atoms with Gasteiger partial charge in [0.15, 0.2) is 0 Å².